The molecule has 0 atom stereocenters. The summed E-state index contributed by atoms with van der Waals surface area (Å²) in [6.45, 7) is 2.23. The third-order valence-corrected chi connectivity index (χ3v) is 1.24. The zero-order valence-electron chi connectivity index (χ0n) is 4.15. The van der Waals surface area contributed by atoms with E-state index in [4.69, 9.17) is 0 Å². The average molecular weight is 82.1 g/mol. The van der Waals surface area contributed by atoms with Crippen LogP contribution in [0, 0.1) is 18.8 Å². The van der Waals surface area contributed by atoms with Crippen molar-refractivity contribution in [2.75, 3.05) is 0 Å². The maximum Gasteiger partial charge on any atom is 0.0983 e. The van der Waals surface area contributed by atoms with E-state index in [1.807, 2.05) is 0 Å². The summed E-state index contributed by atoms with van der Waals surface area (Å²) in [6.07, 6.45) is 7.31. The van der Waals surface area contributed by atoms with E-state index in [1.165, 1.54) is 12.8 Å². The highest BCUT2D eigenvalue weighted by molar-refractivity contribution is 4.92. The third kappa shape index (κ3) is 0.675. The van der Waals surface area contributed by atoms with Crippen LogP contribution in [-0.4, -0.2) is 0 Å². The topological polar surface area (TPSA) is 0 Å². The van der Waals surface area contributed by atoms with E-state index >= 15 is 0 Å². The lowest BCUT2D eigenvalue weighted by atomic mass is 10.2. The Morgan fingerprint density at radius 1 is 1.83 bits per heavy atom. The second kappa shape index (κ2) is 1.55. The number of hydrogen-bond acceptors (Lipinski definition) is 0. The third-order valence-electron chi connectivity index (χ3n) is 1.24. The molecule has 1 fully saturated rings. The van der Waals surface area contributed by atoms with Crippen LogP contribution in [0.1, 0.15) is 19.8 Å². The molecule has 0 aromatic heterocycles. The van der Waals surface area contributed by atoms with Crippen molar-refractivity contribution in [3.63, 3.8) is 0 Å². The van der Waals surface area contributed by atoms with Crippen LogP contribution in [-0.2, 0) is 0 Å². The standard InChI is InChI=1S/C6H10/c1-6-4-2-3-5-6/h4-6H,2-3H2,1H3/q+1. The molecule has 1 saturated carbocycles. The molecule has 0 spiro atoms. The predicted octanol–water partition coefficient (Wildman–Crippen LogP) is 1.82. The molecule has 1 radical (unpaired) electrons. The van der Waals surface area contributed by atoms with Crippen LogP contribution in [0.2, 0.25) is 0 Å². The predicted molar refractivity (Wildman–Crippen MR) is 27.0 cm³/mol. The van der Waals surface area contributed by atoms with Crippen molar-refractivity contribution in [2.24, 2.45) is 5.92 Å². The summed E-state index contributed by atoms with van der Waals surface area (Å²) in [5, 5.41) is 0. The fourth-order valence-electron chi connectivity index (χ4n) is 0.814. The van der Waals surface area contributed by atoms with Gasteiger partial charge in [-0.15, -0.1) is 0 Å². The molecule has 0 N–H and O–H groups in total. The van der Waals surface area contributed by atoms with Crippen LogP contribution >= 0.6 is 0 Å². The molecular formula is C6H10+. The maximum absolute atomic E-state index is 2.35. The molecular weight excluding hydrogens is 72.1 g/mol. The molecule has 1 aliphatic rings. The minimum absolute atomic E-state index is 0.796. The van der Waals surface area contributed by atoms with Crippen molar-refractivity contribution in [3.05, 3.63) is 12.8 Å². The normalized spacial score (nSPS) is 33.2. The Labute approximate surface area is 39.6 Å². The molecule has 1 aliphatic carbocycles. The molecule has 0 heterocycles. The molecule has 0 nitrogen and oxygen atoms in total. The summed E-state index contributed by atoms with van der Waals surface area (Å²) in [5.74, 6) is 0.796. The Hall–Kier alpha value is -0.130. The lowest BCUT2D eigenvalue weighted by Crippen LogP contribution is -1.80. The van der Waals surface area contributed by atoms with Crippen LogP contribution in [0.5, 0.6) is 0 Å². The maximum atomic E-state index is 2.35. The van der Waals surface area contributed by atoms with E-state index in [-0.39, 0.29) is 0 Å². The van der Waals surface area contributed by atoms with Crippen molar-refractivity contribution in [1.29, 1.82) is 0 Å². The van der Waals surface area contributed by atoms with Gasteiger partial charge in [0.05, 0.1) is 18.8 Å². The Balaban J connectivity index is 2.18. The van der Waals surface area contributed by atoms with Crippen LogP contribution in [0.4, 0.5) is 0 Å². The lowest BCUT2D eigenvalue weighted by Gasteiger charge is -1.80. The zero-order chi connectivity index (χ0) is 4.41. The molecule has 0 aromatic rings. The van der Waals surface area contributed by atoms with E-state index in [9.17, 15) is 0 Å². The summed E-state index contributed by atoms with van der Waals surface area (Å²) in [4.78, 5) is 0. The lowest BCUT2D eigenvalue weighted by molar-refractivity contribution is 0.844. The Morgan fingerprint density at radius 3 is 2.83 bits per heavy atom. The van der Waals surface area contributed by atoms with Crippen molar-refractivity contribution in [3.8, 4) is 0 Å². The highest BCUT2D eigenvalue weighted by Gasteiger charge is 2.17. The summed E-state index contributed by atoms with van der Waals surface area (Å²) in [7, 11) is 0. The fraction of sp³-hybridized carbons (Fsp3) is 0.667. The van der Waals surface area contributed by atoms with E-state index in [0.717, 1.165) is 5.92 Å². The summed E-state index contributed by atoms with van der Waals surface area (Å²) in [6, 6.07) is 0. The molecule has 1 rings (SSSR count). The van der Waals surface area contributed by atoms with Gasteiger partial charge in [-0.1, -0.05) is 0 Å². The van der Waals surface area contributed by atoms with Gasteiger partial charge in [-0.05, 0) is 13.3 Å². The first-order valence-electron chi connectivity index (χ1n) is 2.56. The summed E-state index contributed by atoms with van der Waals surface area (Å²) in [5.41, 5.74) is 0. The molecule has 0 amide bonds. The van der Waals surface area contributed by atoms with Gasteiger partial charge in [-0.2, -0.15) is 0 Å². The first-order chi connectivity index (χ1) is 2.89. The fourth-order valence-corrected chi connectivity index (χ4v) is 0.814. The van der Waals surface area contributed by atoms with Gasteiger partial charge in [0.15, 0.2) is 0 Å². The van der Waals surface area contributed by atoms with Gasteiger partial charge < -0.3 is 0 Å². The van der Waals surface area contributed by atoms with Crippen LogP contribution < -0.4 is 0 Å². The minimum atomic E-state index is 0.796. The van der Waals surface area contributed by atoms with Crippen molar-refractivity contribution in [1.82, 2.24) is 0 Å². The smallest absolute Gasteiger partial charge is 0.0212 e. The highest BCUT2D eigenvalue weighted by atomic mass is 14.1. The first kappa shape index (κ1) is 4.04. The second-order valence-corrected chi connectivity index (χ2v) is 1.91. The average Bonchev–Trinajstić information content (AvgIpc) is 1.86. The largest absolute Gasteiger partial charge is 0.0983 e. The second-order valence-electron chi connectivity index (χ2n) is 1.91. The molecule has 6 heavy (non-hydrogen) atoms. The number of rotatable bonds is 0. The Kier molecular flexibility index (Phi) is 1.04. The van der Waals surface area contributed by atoms with Crippen LogP contribution in [0.15, 0.2) is 0 Å². The van der Waals surface area contributed by atoms with Gasteiger partial charge in [-0.25, -0.2) is 0 Å². The molecule has 0 saturated heterocycles. The molecule has 0 bridgehead atoms. The van der Waals surface area contributed by atoms with Crippen LogP contribution in [0.3, 0.4) is 0 Å². The minimum Gasteiger partial charge on any atom is -0.0212 e. The molecule has 0 unspecified atom stereocenters. The highest BCUT2D eigenvalue weighted by Crippen LogP contribution is 2.20. The van der Waals surface area contributed by atoms with E-state index in [1.54, 1.807) is 0 Å². The van der Waals surface area contributed by atoms with Gasteiger partial charge >= 0.3 is 0 Å². The molecule has 0 heteroatoms. The molecule has 0 aliphatic heterocycles. The van der Waals surface area contributed by atoms with Gasteiger partial charge in [0.2, 0.25) is 0 Å². The Morgan fingerprint density at radius 2 is 2.67 bits per heavy atom. The first-order valence-corrected chi connectivity index (χ1v) is 2.56. The van der Waals surface area contributed by atoms with Crippen molar-refractivity contribution >= 4 is 0 Å². The number of hydrogen-bond donors (Lipinski definition) is 0. The van der Waals surface area contributed by atoms with E-state index in [0.29, 0.717) is 0 Å². The monoisotopic (exact) mass is 82.1 g/mol. The zero-order valence-corrected chi connectivity index (χ0v) is 4.15. The van der Waals surface area contributed by atoms with Crippen molar-refractivity contribution in [2.45, 2.75) is 19.8 Å². The van der Waals surface area contributed by atoms with E-state index < -0.39 is 0 Å². The van der Waals surface area contributed by atoms with Crippen LogP contribution in [0.25, 0.3) is 0 Å². The molecule has 0 aromatic carbocycles. The summed E-state index contributed by atoms with van der Waals surface area (Å²) < 4.78 is 0. The van der Waals surface area contributed by atoms with E-state index in [2.05, 4.69) is 19.8 Å². The van der Waals surface area contributed by atoms with Gasteiger partial charge in [0, 0.05) is 6.42 Å². The Bertz CT molecular complexity index is 33.3. The van der Waals surface area contributed by atoms with Gasteiger partial charge in [0.25, 0.3) is 0 Å². The van der Waals surface area contributed by atoms with Gasteiger partial charge in [-0.3, -0.25) is 0 Å². The SMILES string of the molecule is CC1[CH]CC[CH+]1. The quantitative estimate of drug-likeness (QED) is 0.391. The van der Waals surface area contributed by atoms with Gasteiger partial charge in [0.1, 0.15) is 0 Å². The summed E-state index contributed by atoms with van der Waals surface area (Å²) >= 11 is 0. The van der Waals surface area contributed by atoms with Crippen molar-refractivity contribution < 1.29 is 0 Å². The molecule has 33 valence electrons.